The molecule has 0 fully saturated rings. The lowest BCUT2D eigenvalue weighted by molar-refractivity contribution is -0.162. The third kappa shape index (κ3) is 45.8. The van der Waals surface area contributed by atoms with E-state index in [2.05, 4.69) is 106 Å². The van der Waals surface area contributed by atoms with Gasteiger partial charge in [0, 0.05) is 19.4 Å². The third-order valence-electron chi connectivity index (χ3n) is 9.92. The Hall–Kier alpha value is -2.92. The quantitative estimate of drug-likeness (QED) is 0.0349. The monoisotopic (exact) mass is 807 g/mol. The summed E-state index contributed by atoms with van der Waals surface area (Å²) in [5.74, 6) is -0.475. The second-order valence-electron chi connectivity index (χ2n) is 15.6. The average Bonchev–Trinajstić information content (AvgIpc) is 3.22. The molecule has 0 aliphatic heterocycles. The maximum Gasteiger partial charge on any atom is 0.306 e. The molecule has 5 nitrogen and oxygen atoms in total. The van der Waals surface area contributed by atoms with Crippen molar-refractivity contribution in [1.82, 2.24) is 0 Å². The molecule has 5 heteroatoms. The van der Waals surface area contributed by atoms with E-state index in [1.807, 2.05) is 0 Å². The zero-order valence-electron chi connectivity index (χ0n) is 38.0. The van der Waals surface area contributed by atoms with Gasteiger partial charge in [0.2, 0.25) is 0 Å². The molecule has 0 amide bonds. The van der Waals surface area contributed by atoms with Gasteiger partial charge in [-0.15, -0.1) is 0 Å². The minimum Gasteiger partial charge on any atom is -0.462 e. The maximum atomic E-state index is 12.7. The van der Waals surface area contributed by atoms with Crippen molar-refractivity contribution in [3.05, 3.63) is 85.1 Å². The van der Waals surface area contributed by atoms with Crippen LogP contribution in [-0.2, 0) is 23.8 Å². The lowest BCUT2D eigenvalue weighted by atomic mass is 10.1. The molecule has 0 aliphatic rings. The van der Waals surface area contributed by atoms with Gasteiger partial charge < -0.3 is 14.2 Å². The van der Waals surface area contributed by atoms with Crippen LogP contribution >= 0.6 is 0 Å². The van der Waals surface area contributed by atoms with Crippen LogP contribution in [0.1, 0.15) is 213 Å². The Morgan fingerprint density at radius 1 is 0.397 bits per heavy atom. The molecule has 1 atom stereocenters. The fourth-order valence-corrected chi connectivity index (χ4v) is 6.34. The number of carbonyl (C=O) groups excluding carboxylic acids is 2. The molecule has 0 bridgehead atoms. The summed E-state index contributed by atoms with van der Waals surface area (Å²) in [5.41, 5.74) is 0. The Kier molecular flexibility index (Phi) is 46.0. The highest BCUT2D eigenvalue weighted by atomic mass is 16.6. The van der Waals surface area contributed by atoms with Crippen molar-refractivity contribution in [1.29, 1.82) is 0 Å². The molecule has 0 saturated carbocycles. The second-order valence-corrected chi connectivity index (χ2v) is 15.6. The minimum atomic E-state index is -0.566. The summed E-state index contributed by atoms with van der Waals surface area (Å²) >= 11 is 0. The second kappa shape index (κ2) is 48.4. The van der Waals surface area contributed by atoms with Gasteiger partial charge in [0.1, 0.15) is 6.61 Å². The van der Waals surface area contributed by atoms with Gasteiger partial charge in [-0.25, -0.2) is 0 Å². The van der Waals surface area contributed by atoms with Crippen molar-refractivity contribution in [2.45, 2.75) is 219 Å². The zero-order chi connectivity index (χ0) is 42.1. The molecule has 58 heavy (non-hydrogen) atoms. The number of rotatable bonds is 43. The lowest BCUT2D eigenvalue weighted by Crippen LogP contribution is -2.30. The van der Waals surface area contributed by atoms with Gasteiger partial charge in [-0.2, -0.15) is 0 Å². The molecular formula is C53H90O5. The number of ether oxygens (including phenoxy) is 3. The normalized spacial score (nSPS) is 12.9. The number of unbranched alkanes of at least 4 members (excludes halogenated alkanes) is 18. The Morgan fingerprint density at radius 3 is 1.33 bits per heavy atom. The van der Waals surface area contributed by atoms with Gasteiger partial charge in [0.25, 0.3) is 0 Å². The van der Waals surface area contributed by atoms with Crippen LogP contribution in [0.25, 0.3) is 0 Å². The molecule has 0 N–H and O–H groups in total. The number of hydrogen-bond acceptors (Lipinski definition) is 5. The molecular weight excluding hydrogens is 717 g/mol. The molecule has 0 heterocycles. The Labute approximate surface area is 359 Å². The Bertz CT molecular complexity index is 1090. The molecule has 1 unspecified atom stereocenters. The van der Waals surface area contributed by atoms with E-state index in [-0.39, 0.29) is 25.2 Å². The molecule has 0 saturated heterocycles. The van der Waals surface area contributed by atoms with Crippen molar-refractivity contribution in [3.63, 3.8) is 0 Å². The van der Waals surface area contributed by atoms with Crippen LogP contribution in [0, 0.1) is 0 Å². The van der Waals surface area contributed by atoms with Crippen molar-refractivity contribution < 1.29 is 23.8 Å². The molecule has 0 spiro atoms. The van der Waals surface area contributed by atoms with Crippen LogP contribution in [0.5, 0.6) is 0 Å². The minimum absolute atomic E-state index is 0.0574. The number of carbonyl (C=O) groups is 2. The first-order valence-corrected chi connectivity index (χ1v) is 24.1. The van der Waals surface area contributed by atoms with Crippen LogP contribution in [0.2, 0.25) is 0 Å². The molecule has 0 aromatic carbocycles. The third-order valence-corrected chi connectivity index (χ3v) is 9.92. The van der Waals surface area contributed by atoms with Crippen molar-refractivity contribution in [2.24, 2.45) is 0 Å². The fourth-order valence-electron chi connectivity index (χ4n) is 6.34. The zero-order valence-corrected chi connectivity index (χ0v) is 38.0. The topological polar surface area (TPSA) is 61.8 Å². The van der Waals surface area contributed by atoms with Gasteiger partial charge in [0.15, 0.2) is 6.10 Å². The summed E-state index contributed by atoms with van der Waals surface area (Å²) in [7, 11) is 0. The molecule has 0 aliphatic carbocycles. The molecule has 0 radical (unpaired) electrons. The number of esters is 2. The van der Waals surface area contributed by atoms with Gasteiger partial charge in [0.05, 0.1) is 6.61 Å². The standard InChI is InChI=1S/C53H90O5/c1-4-7-10-13-16-18-20-22-24-26-27-29-30-32-34-36-38-40-43-46-52(54)57-50-51(49-56-48-45-42-15-12-9-6-3)58-53(55)47-44-41-39-37-35-33-31-28-25-23-21-19-17-14-11-8-5-2/h8,11,16-19,22-25,31,33,37,39,51H,4-7,9-10,12-15,20-21,26-30,32,34-36,38,40-50H2,1-3H3/b11-8-,18-16-,19-17-,24-22-,25-23-,33-31-,39-37-. The smallest absolute Gasteiger partial charge is 0.306 e. The SMILES string of the molecule is CC/C=C\C/C=C\C/C=C\C/C=C\C/C=C\CCCC(=O)OC(COCCCCCCCC)COC(=O)CCCCCCCCCCC/C=C\C/C=C\CCCCC. The highest BCUT2D eigenvalue weighted by molar-refractivity contribution is 5.70. The van der Waals surface area contributed by atoms with E-state index < -0.39 is 6.10 Å². The van der Waals surface area contributed by atoms with Crippen LogP contribution in [-0.4, -0.2) is 37.9 Å². The summed E-state index contributed by atoms with van der Waals surface area (Å²) in [5, 5.41) is 0. The van der Waals surface area contributed by atoms with Crippen LogP contribution in [0.4, 0.5) is 0 Å². The highest BCUT2D eigenvalue weighted by Gasteiger charge is 2.17. The van der Waals surface area contributed by atoms with E-state index in [1.54, 1.807) is 0 Å². The molecule has 0 aromatic rings. The highest BCUT2D eigenvalue weighted by Crippen LogP contribution is 2.13. The van der Waals surface area contributed by atoms with E-state index in [1.165, 1.54) is 96.3 Å². The van der Waals surface area contributed by atoms with Crippen molar-refractivity contribution in [2.75, 3.05) is 19.8 Å². The van der Waals surface area contributed by atoms with Crippen molar-refractivity contribution in [3.8, 4) is 0 Å². The summed E-state index contributed by atoms with van der Waals surface area (Å²) in [4.78, 5) is 25.2. The first-order valence-electron chi connectivity index (χ1n) is 24.1. The van der Waals surface area contributed by atoms with Crippen LogP contribution < -0.4 is 0 Å². The maximum absolute atomic E-state index is 12.7. The summed E-state index contributed by atoms with van der Waals surface area (Å²) in [6.07, 6.45) is 63.2. The van der Waals surface area contributed by atoms with E-state index in [0.717, 1.165) is 83.5 Å². The van der Waals surface area contributed by atoms with Crippen LogP contribution in [0.3, 0.4) is 0 Å². The lowest BCUT2D eigenvalue weighted by Gasteiger charge is -2.18. The van der Waals surface area contributed by atoms with E-state index in [0.29, 0.717) is 19.4 Å². The van der Waals surface area contributed by atoms with Gasteiger partial charge in [-0.1, -0.05) is 196 Å². The number of allylic oxidation sites excluding steroid dienone is 14. The first-order chi connectivity index (χ1) is 28.6. The van der Waals surface area contributed by atoms with Gasteiger partial charge >= 0.3 is 11.9 Å². The predicted molar refractivity (Wildman–Crippen MR) is 251 cm³/mol. The van der Waals surface area contributed by atoms with Crippen LogP contribution in [0.15, 0.2) is 85.1 Å². The fraction of sp³-hybridized carbons (Fsp3) is 0.698. The summed E-state index contributed by atoms with van der Waals surface area (Å²) in [6.45, 7) is 7.58. The number of hydrogen-bond donors (Lipinski definition) is 0. The molecule has 0 aromatic heterocycles. The van der Waals surface area contributed by atoms with E-state index >= 15 is 0 Å². The average molecular weight is 807 g/mol. The molecule has 332 valence electrons. The van der Waals surface area contributed by atoms with E-state index in [9.17, 15) is 9.59 Å². The van der Waals surface area contributed by atoms with Gasteiger partial charge in [-0.3, -0.25) is 9.59 Å². The predicted octanol–water partition coefficient (Wildman–Crippen LogP) is 16.1. The van der Waals surface area contributed by atoms with Gasteiger partial charge in [-0.05, 0) is 89.9 Å². The molecule has 0 rings (SSSR count). The summed E-state index contributed by atoms with van der Waals surface area (Å²) < 4.78 is 17.2. The Morgan fingerprint density at radius 2 is 0.793 bits per heavy atom. The Balaban J connectivity index is 4.19. The summed E-state index contributed by atoms with van der Waals surface area (Å²) in [6, 6.07) is 0. The van der Waals surface area contributed by atoms with E-state index in [4.69, 9.17) is 14.2 Å². The van der Waals surface area contributed by atoms with Crippen molar-refractivity contribution >= 4 is 11.9 Å². The first kappa shape index (κ1) is 55.1. The largest absolute Gasteiger partial charge is 0.462 e.